The summed E-state index contributed by atoms with van der Waals surface area (Å²) in [5.74, 6) is -0.254. The van der Waals surface area contributed by atoms with Gasteiger partial charge in [0.25, 0.3) is 5.91 Å². The number of benzene rings is 2. The highest BCUT2D eigenvalue weighted by Crippen LogP contribution is 2.35. The number of carbonyl (C=O) groups excluding carboxylic acids is 1. The van der Waals surface area contributed by atoms with E-state index in [1.807, 2.05) is 25.1 Å². The van der Waals surface area contributed by atoms with E-state index in [9.17, 15) is 18.0 Å². The van der Waals surface area contributed by atoms with E-state index in [1.54, 1.807) is 4.90 Å². The second-order valence-corrected chi connectivity index (χ2v) is 6.56. The molecule has 134 valence electrons. The van der Waals surface area contributed by atoms with E-state index >= 15 is 0 Å². The molecule has 1 aliphatic rings. The number of nitrogens with one attached hydrogen (secondary N) is 1. The van der Waals surface area contributed by atoms with Gasteiger partial charge >= 0.3 is 6.18 Å². The van der Waals surface area contributed by atoms with Crippen LogP contribution in [-0.2, 0) is 12.6 Å². The molecule has 1 atom stereocenters. The predicted molar refractivity (Wildman–Crippen MR) is 92.9 cm³/mol. The van der Waals surface area contributed by atoms with Crippen LogP contribution in [0.25, 0.3) is 10.9 Å². The topological polar surface area (TPSA) is 36.1 Å². The molecule has 3 aromatic rings. The molecule has 26 heavy (non-hydrogen) atoms. The Hall–Kier alpha value is -2.76. The molecule has 0 saturated carbocycles. The number of halogens is 3. The van der Waals surface area contributed by atoms with Crippen LogP contribution in [0.1, 0.15) is 40.1 Å². The van der Waals surface area contributed by atoms with Gasteiger partial charge in [0, 0.05) is 28.7 Å². The Labute approximate surface area is 148 Å². The van der Waals surface area contributed by atoms with E-state index in [-0.39, 0.29) is 17.5 Å². The molecule has 6 heteroatoms. The standard InChI is InChI=1S/C20H17F3N2O/c1-12-18-16(15-4-2-3-5-17(15)24-18)10-11-25(12)19(26)13-6-8-14(9-7-13)20(21,22)23/h2-9,12,24H,10-11H2,1H3. The van der Waals surface area contributed by atoms with Crippen molar-refractivity contribution in [2.24, 2.45) is 0 Å². The number of aromatic nitrogens is 1. The lowest BCUT2D eigenvalue weighted by Gasteiger charge is -2.33. The van der Waals surface area contributed by atoms with Gasteiger partial charge in [-0.05, 0) is 49.2 Å². The first kappa shape index (κ1) is 16.7. The highest BCUT2D eigenvalue weighted by atomic mass is 19.4. The van der Waals surface area contributed by atoms with Crippen LogP contribution >= 0.6 is 0 Å². The van der Waals surface area contributed by atoms with Crippen LogP contribution in [0.15, 0.2) is 48.5 Å². The molecule has 1 unspecified atom stereocenters. The molecular formula is C20H17F3N2O. The zero-order chi connectivity index (χ0) is 18.5. The van der Waals surface area contributed by atoms with Crippen molar-refractivity contribution in [1.82, 2.24) is 9.88 Å². The quantitative estimate of drug-likeness (QED) is 0.657. The molecule has 0 bridgehead atoms. The molecule has 0 fully saturated rings. The van der Waals surface area contributed by atoms with Crippen molar-refractivity contribution in [3.05, 3.63) is 70.9 Å². The second kappa shape index (κ2) is 5.90. The third kappa shape index (κ3) is 2.66. The summed E-state index contributed by atoms with van der Waals surface area (Å²) in [5.41, 5.74) is 2.76. The monoisotopic (exact) mass is 358 g/mol. The molecular weight excluding hydrogens is 341 g/mol. The average Bonchev–Trinajstić information content (AvgIpc) is 3.01. The van der Waals surface area contributed by atoms with Gasteiger partial charge < -0.3 is 9.88 Å². The summed E-state index contributed by atoms with van der Waals surface area (Å²) >= 11 is 0. The van der Waals surface area contributed by atoms with Crippen LogP contribution in [-0.4, -0.2) is 22.3 Å². The molecule has 2 heterocycles. The fraction of sp³-hybridized carbons (Fsp3) is 0.250. The molecule has 3 nitrogen and oxygen atoms in total. The summed E-state index contributed by atoms with van der Waals surface area (Å²) in [6.07, 6.45) is -3.69. The van der Waals surface area contributed by atoms with Crippen LogP contribution in [0, 0.1) is 0 Å². The molecule has 0 aliphatic carbocycles. The molecule has 1 aliphatic heterocycles. The Morgan fingerprint density at radius 1 is 1.12 bits per heavy atom. The van der Waals surface area contributed by atoms with Gasteiger partial charge in [-0.25, -0.2) is 0 Å². The largest absolute Gasteiger partial charge is 0.416 e. The zero-order valence-electron chi connectivity index (χ0n) is 14.1. The zero-order valence-corrected chi connectivity index (χ0v) is 14.1. The van der Waals surface area contributed by atoms with Crippen LogP contribution in [0.2, 0.25) is 0 Å². The maximum atomic E-state index is 12.8. The number of fused-ring (bicyclic) bond motifs is 3. The smallest absolute Gasteiger partial charge is 0.356 e. The molecule has 2 aromatic carbocycles. The Balaban J connectivity index is 1.63. The van der Waals surface area contributed by atoms with Crippen molar-refractivity contribution >= 4 is 16.8 Å². The van der Waals surface area contributed by atoms with E-state index < -0.39 is 11.7 Å². The van der Waals surface area contributed by atoms with E-state index in [0.29, 0.717) is 6.54 Å². The van der Waals surface area contributed by atoms with Gasteiger partial charge in [-0.1, -0.05) is 18.2 Å². The first-order valence-electron chi connectivity index (χ1n) is 8.44. The first-order chi connectivity index (χ1) is 12.4. The molecule has 4 rings (SSSR count). The first-order valence-corrected chi connectivity index (χ1v) is 8.44. The van der Waals surface area contributed by atoms with Crippen molar-refractivity contribution in [1.29, 1.82) is 0 Å². The highest BCUT2D eigenvalue weighted by molar-refractivity contribution is 5.95. The number of H-pyrrole nitrogens is 1. The Morgan fingerprint density at radius 3 is 2.50 bits per heavy atom. The van der Waals surface area contributed by atoms with Gasteiger partial charge in [0.2, 0.25) is 0 Å². The number of hydrogen-bond donors (Lipinski definition) is 1. The minimum Gasteiger partial charge on any atom is -0.356 e. The lowest BCUT2D eigenvalue weighted by Crippen LogP contribution is -2.38. The van der Waals surface area contributed by atoms with Crippen molar-refractivity contribution < 1.29 is 18.0 Å². The van der Waals surface area contributed by atoms with Crippen LogP contribution in [0.3, 0.4) is 0 Å². The van der Waals surface area contributed by atoms with E-state index in [4.69, 9.17) is 0 Å². The third-order valence-corrected chi connectivity index (χ3v) is 5.05. The SMILES string of the molecule is CC1c2[nH]c3ccccc3c2CCN1C(=O)c1ccc(C(F)(F)F)cc1. The molecule has 0 radical (unpaired) electrons. The molecule has 0 spiro atoms. The fourth-order valence-electron chi connectivity index (χ4n) is 3.67. The van der Waals surface area contributed by atoms with Crippen LogP contribution < -0.4 is 0 Å². The normalized spacial score (nSPS) is 17.4. The number of nitrogens with zero attached hydrogens (tertiary/aromatic N) is 1. The number of amides is 1. The summed E-state index contributed by atoms with van der Waals surface area (Å²) < 4.78 is 38.1. The van der Waals surface area contributed by atoms with Gasteiger partial charge in [-0.2, -0.15) is 13.2 Å². The van der Waals surface area contributed by atoms with Crippen molar-refractivity contribution in [2.45, 2.75) is 25.6 Å². The van der Waals surface area contributed by atoms with Crippen molar-refractivity contribution in [3.63, 3.8) is 0 Å². The fourth-order valence-corrected chi connectivity index (χ4v) is 3.67. The lowest BCUT2D eigenvalue weighted by molar-refractivity contribution is -0.137. The van der Waals surface area contributed by atoms with Gasteiger partial charge in [-0.15, -0.1) is 0 Å². The highest BCUT2D eigenvalue weighted by Gasteiger charge is 2.33. The maximum absolute atomic E-state index is 12.8. The van der Waals surface area contributed by atoms with Crippen LogP contribution in [0.4, 0.5) is 13.2 Å². The van der Waals surface area contributed by atoms with Crippen LogP contribution in [0.5, 0.6) is 0 Å². The summed E-state index contributed by atoms with van der Waals surface area (Å²) in [6.45, 7) is 2.48. The van der Waals surface area contributed by atoms with E-state index in [0.717, 1.165) is 35.2 Å². The van der Waals surface area contributed by atoms with Gasteiger partial charge in [0.05, 0.1) is 11.6 Å². The minimum absolute atomic E-state index is 0.166. The minimum atomic E-state index is -4.40. The number of carbonyl (C=O) groups is 1. The van der Waals surface area contributed by atoms with Gasteiger partial charge in [-0.3, -0.25) is 4.79 Å². The number of alkyl halides is 3. The van der Waals surface area contributed by atoms with Crippen molar-refractivity contribution in [3.8, 4) is 0 Å². The Morgan fingerprint density at radius 2 is 1.81 bits per heavy atom. The van der Waals surface area contributed by atoms with Gasteiger partial charge in [0.15, 0.2) is 0 Å². The molecule has 0 saturated heterocycles. The number of hydrogen-bond acceptors (Lipinski definition) is 1. The Kier molecular flexibility index (Phi) is 3.79. The summed E-state index contributed by atoms with van der Waals surface area (Å²) in [7, 11) is 0. The molecule has 1 N–H and O–H groups in total. The lowest BCUT2D eigenvalue weighted by atomic mass is 9.97. The number of para-hydroxylation sites is 1. The van der Waals surface area contributed by atoms with E-state index in [2.05, 4.69) is 11.1 Å². The summed E-state index contributed by atoms with van der Waals surface area (Å²) in [4.78, 5) is 17.9. The maximum Gasteiger partial charge on any atom is 0.416 e. The summed E-state index contributed by atoms with van der Waals surface area (Å²) in [5, 5.41) is 1.16. The average molecular weight is 358 g/mol. The number of rotatable bonds is 1. The molecule has 1 aromatic heterocycles. The number of aromatic amines is 1. The predicted octanol–water partition coefficient (Wildman–Crippen LogP) is 4.95. The third-order valence-electron chi connectivity index (χ3n) is 5.05. The van der Waals surface area contributed by atoms with Crippen molar-refractivity contribution in [2.75, 3.05) is 6.54 Å². The molecule has 1 amide bonds. The second-order valence-electron chi connectivity index (χ2n) is 6.56. The summed E-state index contributed by atoms with van der Waals surface area (Å²) in [6, 6.07) is 12.2. The Bertz CT molecular complexity index is 973. The van der Waals surface area contributed by atoms with E-state index in [1.165, 1.54) is 17.7 Å². The van der Waals surface area contributed by atoms with Gasteiger partial charge in [0.1, 0.15) is 0 Å².